The summed E-state index contributed by atoms with van der Waals surface area (Å²) in [7, 11) is 0. The highest BCUT2D eigenvalue weighted by atomic mass is 32.1. The molecule has 7 nitrogen and oxygen atoms in total. The Balaban J connectivity index is 1.45. The van der Waals surface area contributed by atoms with Crippen molar-refractivity contribution >= 4 is 34.3 Å². The molecule has 33 heavy (non-hydrogen) atoms. The summed E-state index contributed by atoms with van der Waals surface area (Å²) in [6.45, 7) is 1.02. The number of urea groups is 1. The van der Waals surface area contributed by atoms with E-state index in [1.54, 1.807) is 37.3 Å². The maximum Gasteiger partial charge on any atom is 0.416 e. The van der Waals surface area contributed by atoms with Gasteiger partial charge in [0.25, 0.3) is 5.91 Å². The van der Waals surface area contributed by atoms with Crippen molar-refractivity contribution in [2.45, 2.75) is 18.6 Å². The number of amides is 4. The zero-order chi connectivity index (χ0) is 23.8. The van der Waals surface area contributed by atoms with Gasteiger partial charge >= 0.3 is 12.2 Å². The van der Waals surface area contributed by atoms with Crippen molar-refractivity contribution in [3.8, 4) is 11.3 Å². The topological polar surface area (TPSA) is 91.4 Å². The molecule has 4 rings (SSSR count). The number of alkyl halides is 3. The van der Waals surface area contributed by atoms with Crippen LogP contribution < -0.4 is 10.6 Å². The number of carbonyl (C=O) groups is 3. The van der Waals surface area contributed by atoms with Crippen molar-refractivity contribution in [1.29, 1.82) is 0 Å². The van der Waals surface area contributed by atoms with Crippen LogP contribution in [-0.2, 0) is 21.3 Å². The molecule has 1 unspecified atom stereocenters. The van der Waals surface area contributed by atoms with Crippen LogP contribution in [0.5, 0.6) is 0 Å². The third-order valence-corrected chi connectivity index (χ3v) is 5.92. The van der Waals surface area contributed by atoms with E-state index in [0.29, 0.717) is 5.56 Å². The quantitative estimate of drug-likeness (QED) is 0.542. The number of anilines is 1. The Labute approximate surface area is 190 Å². The lowest BCUT2D eigenvalue weighted by Gasteiger charge is -2.21. The number of carbonyl (C=O) groups excluding carboxylic acids is 3. The van der Waals surface area contributed by atoms with Crippen molar-refractivity contribution < 1.29 is 27.6 Å². The summed E-state index contributed by atoms with van der Waals surface area (Å²) >= 11 is 1.01. The van der Waals surface area contributed by atoms with Gasteiger partial charge in [-0.05, 0) is 24.6 Å². The average Bonchev–Trinajstić information content (AvgIpc) is 3.33. The number of nitrogens with zero attached hydrogens (tertiary/aromatic N) is 2. The third-order valence-electron chi connectivity index (χ3n) is 5.16. The molecule has 1 fully saturated rings. The van der Waals surface area contributed by atoms with E-state index in [-0.39, 0.29) is 16.4 Å². The maximum absolute atomic E-state index is 12.9. The molecular formula is C22H17F3N4O3S. The minimum Gasteiger partial charge on any atom is -0.319 e. The van der Waals surface area contributed by atoms with Gasteiger partial charge in [-0.15, -0.1) is 11.3 Å². The first-order valence-corrected chi connectivity index (χ1v) is 10.6. The van der Waals surface area contributed by atoms with Gasteiger partial charge in [0.15, 0.2) is 5.13 Å². The zero-order valence-electron chi connectivity index (χ0n) is 17.1. The molecule has 2 heterocycles. The predicted molar refractivity (Wildman–Crippen MR) is 115 cm³/mol. The minimum atomic E-state index is -4.49. The minimum absolute atomic E-state index is 0.130. The molecule has 0 spiro atoms. The first-order valence-electron chi connectivity index (χ1n) is 9.70. The molecule has 1 atom stereocenters. The highest BCUT2D eigenvalue weighted by Crippen LogP contribution is 2.33. The molecule has 11 heteroatoms. The molecule has 0 radical (unpaired) electrons. The monoisotopic (exact) mass is 474 g/mol. The molecule has 2 aromatic carbocycles. The van der Waals surface area contributed by atoms with Crippen molar-refractivity contribution in [3.05, 3.63) is 71.1 Å². The largest absolute Gasteiger partial charge is 0.416 e. The van der Waals surface area contributed by atoms with Gasteiger partial charge in [-0.25, -0.2) is 9.78 Å². The van der Waals surface area contributed by atoms with Crippen LogP contribution in [0.2, 0.25) is 0 Å². The molecule has 0 saturated carbocycles. The Morgan fingerprint density at radius 1 is 1.15 bits per heavy atom. The molecule has 2 N–H and O–H groups in total. The Kier molecular flexibility index (Phi) is 5.66. The van der Waals surface area contributed by atoms with Gasteiger partial charge in [0.05, 0.1) is 11.3 Å². The van der Waals surface area contributed by atoms with Crippen LogP contribution in [0.4, 0.5) is 23.1 Å². The highest BCUT2D eigenvalue weighted by Gasteiger charge is 2.49. The lowest BCUT2D eigenvalue weighted by Crippen LogP contribution is -2.42. The summed E-state index contributed by atoms with van der Waals surface area (Å²) in [5.41, 5.74) is -1.02. The first-order chi connectivity index (χ1) is 15.6. The van der Waals surface area contributed by atoms with E-state index in [1.165, 1.54) is 17.5 Å². The lowest BCUT2D eigenvalue weighted by molar-refractivity contribution is -0.137. The molecule has 0 bridgehead atoms. The van der Waals surface area contributed by atoms with Crippen LogP contribution in [-0.4, -0.2) is 34.3 Å². The number of imide groups is 1. The lowest BCUT2D eigenvalue weighted by atomic mass is 9.92. The second-order valence-corrected chi connectivity index (χ2v) is 8.34. The van der Waals surface area contributed by atoms with Gasteiger partial charge in [0.2, 0.25) is 5.91 Å². The second kappa shape index (κ2) is 8.32. The Bertz CT molecular complexity index is 1230. The fourth-order valence-electron chi connectivity index (χ4n) is 3.43. The molecule has 3 aromatic rings. The number of aromatic nitrogens is 1. The number of hydrogen-bond donors (Lipinski definition) is 2. The summed E-state index contributed by atoms with van der Waals surface area (Å²) in [6.07, 6.45) is -4.49. The van der Waals surface area contributed by atoms with Gasteiger partial charge < -0.3 is 10.6 Å². The Morgan fingerprint density at radius 2 is 1.88 bits per heavy atom. The second-order valence-electron chi connectivity index (χ2n) is 7.48. The predicted octanol–water partition coefficient (Wildman–Crippen LogP) is 4.23. The summed E-state index contributed by atoms with van der Waals surface area (Å²) in [4.78, 5) is 42.7. The maximum atomic E-state index is 12.9. The van der Waals surface area contributed by atoms with Crippen molar-refractivity contribution in [2.75, 3.05) is 11.9 Å². The molecule has 1 saturated heterocycles. The average molecular weight is 474 g/mol. The van der Waals surface area contributed by atoms with Gasteiger partial charge in [0.1, 0.15) is 12.1 Å². The van der Waals surface area contributed by atoms with Gasteiger partial charge in [-0.1, -0.05) is 42.5 Å². The van der Waals surface area contributed by atoms with Gasteiger partial charge in [-0.2, -0.15) is 13.2 Å². The van der Waals surface area contributed by atoms with Crippen LogP contribution in [0.15, 0.2) is 60.0 Å². The number of nitrogens with one attached hydrogen (secondary N) is 2. The fourth-order valence-corrected chi connectivity index (χ4v) is 4.16. The van der Waals surface area contributed by atoms with Crippen molar-refractivity contribution in [1.82, 2.24) is 15.2 Å². The summed E-state index contributed by atoms with van der Waals surface area (Å²) in [6, 6.07) is 12.6. The first kappa shape index (κ1) is 22.5. The molecule has 1 aromatic heterocycles. The summed E-state index contributed by atoms with van der Waals surface area (Å²) in [5, 5.41) is 6.73. The van der Waals surface area contributed by atoms with E-state index in [4.69, 9.17) is 0 Å². The van der Waals surface area contributed by atoms with E-state index in [2.05, 4.69) is 15.6 Å². The number of thiazole rings is 1. The van der Waals surface area contributed by atoms with Gasteiger partial charge in [0, 0.05) is 10.9 Å². The zero-order valence-corrected chi connectivity index (χ0v) is 18.0. The van der Waals surface area contributed by atoms with Gasteiger partial charge in [-0.3, -0.25) is 14.5 Å². The standard InChI is InChI=1S/C22H17F3N4O3S/c1-21(14-7-3-2-4-8-14)18(31)29(20(32)28-21)11-17(30)27-19-26-16(12-33-19)13-6-5-9-15(10-13)22(23,24)25/h2-10,12H,11H2,1H3,(H,28,32)(H,26,27,30). The number of hydrogen-bond acceptors (Lipinski definition) is 5. The van der Waals surface area contributed by atoms with Crippen LogP contribution in [0.3, 0.4) is 0 Å². The number of benzene rings is 2. The van der Waals surface area contributed by atoms with Crippen LogP contribution in [0.25, 0.3) is 11.3 Å². The summed E-state index contributed by atoms with van der Waals surface area (Å²) < 4.78 is 38.8. The number of halogens is 3. The fraction of sp³-hybridized carbons (Fsp3) is 0.182. The molecule has 0 aliphatic carbocycles. The van der Waals surface area contributed by atoms with E-state index in [1.807, 2.05) is 0 Å². The smallest absolute Gasteiger partial charge is 0.319 e. The van der Waals surface area contributed by atoms with Crippen LogP contribution in [0, 0.1) is 0 Å². The van der Waals surface area contributed by atoms with Crippen molar-refractivity contribution in [2.24, 2.45) is 0 Å². The molecule has 1 aliphatic heterocycles. The molecular weight excluding hydrogens is 457 g/mol. The van der Waals surface area contributed by atoms with Crippen LogP contribution in [0.1, 0.15) is 18.1 Å². The van der Waals surface area contributed by atoms with E-state index in [0.717, 1.165) is 28.4 Å². The van der Waals surface area contributed by atoms with E-state index >= 15 is 0 Å². The van der Waals surface area contributed by atoms with Crippen LogP contribution >= 0.6 is 11.3 Å². The Hall–Kier alpha value is -3.73. The van der Waals surface area contributed by atoms with E-state index < -0.39 is 41.7 Å². The summed E-state index contributed by atoms with van der Waals surface area (Å²) in [5.74, 6) is -1.24. The third kappa shape index (κ3) is 4.44. The molecule has 1 aliphatic rings. The normalized spacial score (nSPS) is 18.4. The number of rotatable bonds is 5. The van der Waals surface area contributed by atoms with E-state index in [9.17, 15) is 27.6 Å². The molecule has 4 amide bonds. The highest BCUT2D eigenvalue weighted by molar-refractivity contribution is 7.14. The SMILES string of the molecule is CC1(c2ccccc2)NC(=O)N(CC(=O)Nc2nc(-c3cccc(C(F)(F)F)c3)cs2)C1=O. The Morgan fingerprint density at radius 3 is 2.58 bits per heavy atom. The van der Waals surface area contributed by atoms with Crippen molar-refractivity contribution in [3.63, 3.8) is 0 Å². The molecule has 170 valence electrons.